The second-order valence-electron chi connectivity index (χ2n) is 4.53. The smallest absolute Gasteiger partial charge is 0.196 e. The van der Waals surface area contributed by atoms with Crippen molar-refractivity contribution in [3.8, 4) is 0 Å². The van der Waals surface area contributed by atoms with E-state index in [1.807, 2.05) is 6.07 Å². The molecule has 1 heterocycles. The number of hydrogen-bond donors (Lipinski definition) is 0. The lowest BCUT2D eigenvalue weighted by Gasteiger charge is -2.34. The van der Waals surface area contributed by atoms with Crippen LogP contribution in [-0.4, -0.2) is 18.5 Å². The van der Waals surface area contributed by atoms with Crippen LogP contribution in [0.4, 0.5) is 0 Å². The van der Waals surface area contributed by atoms with Crippen molar-refractivity contribution in [1.29, 1.82) is 0 Å². The van der Waals surface area contributed by atoms with Crippen molar-refractivity contribution >= 4 is 28.8 Å². The highest BCUT2D eigenvalue weighted by Gasteiger charge is 2.31. The molecule has 1 aliphatic rings. The summed E-state index contributed by atoms with van der Waals surface area (Å²) in [5.74, 6) is -0.728. The largest absolute Gasteiger partial charge is 0.345 e. The Kier molecular flexibility index (Phi) is 3.99. The van der Waals surface area contributed by atoms with Crippen molar-refractivity contribution in [2.24, 2.45) is 0 Å². The van der Waals surface area contributed by atoms with Gasteiger partial charge in [0, 0.05) is 0 Å². The lowest BCUT2D eigenvalue weighted by atomic mass is 10.0. The van der Waals surface area contributed by atoms with E-state index in [-0.39, 0.29) is 6.10 Å². The quantitative estimate of drug-likeness (QED) is 0.767. The van der Waals surface area contributed by atoms with Crippen LogP contribution in [0.3, 0.4) is 0 Å². The van der Waals surface area contributed by atoms with Crippen LogP contribution in [0.15, 0.2) is 24.8 Å². The molecule has 0 amide bonds. The van der Waals surface area contributed by atoms with Gasteiger partial charge in [0.25, 0.3) is 0 Å². The number of rotatable bonds is 2. The zero-order valence-electron chi connectivity index (χ0n) is 10.2. The number of benzene rings is 1. The molecule has 1 aliphatic heterocycles. The van der Waals surface area contributed by atoms with Crippen molar-refractivity contribution < 1.29 is 14.5 Å². The van der Waals surface area contributed by atoms with Crippen LogP contribution in [0.5, 0.6) is 0 Å². The van der Waals surface area contributed by atoms with Crippen molar-refractivity contribution in [2.75, 3.05) is 6.61 Å². The van der Waals surface area contributed by atoms with Gasteiger partial charge in [-0.25, -0.2) is 9.78 Å². The molecule has 1 aromatic carbocycles. The van der Waals surface area contributed by atoms with Crippen molar-refractivity contribution in [3.63, 3.8) is 0 Å². The maximum Gasteiger partial charge on any atom is 0.196 e. The van der Waals surface area contributed by atoms with Crippen LogP contribution in [0.25, 0.3) is 5.57 Å². The fourth-order valence-corrected chi connectivity index (χ4v) is 1.84. The molecule has 2 rings (SSSR count). The van der Waals surface area contributed by atoms with Gasteiger partial charge in [0.15, 0.2) is 5.79 Å². The molecule has 18 heavy (non-hydrogen) atoms. The summed E-state index contributed by atoms with van der Waals surface area (Å²) < 4.78 is 5.51. The van der Waals surface area contributed by atoms with Gasteiger partial charge in [0.1, 0.15) is 6.10 Å². The molecule has 1 saturated heterocycles. The van der Waals surface area contributed by atoms with Crippen molar-refractivity contribution in [2.45, 2.75) is 25.7 Å². The molecule has 0 spiro atoms. The lowest BCUT2D eigenvalue weighted by molar-refractivity contribution is -0.467. The van der Waals surface area contributed by atoms with E-state index in [1.54, 1.807) is 26.0 Å². The van der Waals surface area contributed by atoms with Crippen LogP contribution in [0.1, 0.15) is 19.4 Å². The normalized spacial score (nSPS) is 22.8. The van der Waals surface area contributed by atoms with Crippen molar-refractivity contribution in [1.82, 2.24) is 0 Å². The maximum atomic E-state index is 5.97. The highest BCUT2D eigenvalue weighted by Crippen LogP contribution is 2.30. The van der Waals surface area contributed by atoms with E-state index in [0.717, 1.165) is 11.1 Å². The van der Waals surface area contributed by atoms with E-state index in [1.165, 1.54) is 0 Å². The SMILES string of the molecule is C=C(c1ccc(Cl)c(Cl)c1)C1COC(C)(C)OO1. The second kappa shape index (κ2) is 5.19. The minimum atomic E-state index is -0.728. The Morgan fingerprint density at radius 1 is 1.33 bits per heavy atom. The predicted octanol–water partition coefficient (Wildman–Crippen LogP) is 4.09. The Hall–Kier alpha value is -0.580. The molecule has 0 N–H and O–H groups in total. The van der Waals surface area contributed by atoms with E-state index in [0.29, 0.717) is 16.7 Å². The van der Waals surface area contributed by atoms with Crippen LogP contribution < -0.4 is 0 Å². The summed E-state index contributed by atoms with van der Waals surface area (Å²) in [4.78, 5) is 10.4. The molecule has 1 atom stereocenters. The first-order valence-electron chi connectivity index (χ1n) is 5.52. The summed E-state index contributed by atoms with van der Waals surface area (Å²) in [5, 5.41) is 0.986. The third-order valence-electron chi connectivity index (χ3n) is 2.63. The number of ether oxygens (including phenoxy) is 1. The van der Waals surface area contributed by atoms with Gasteiger partial charge >= 0.3 is 0 Å². The monoisotopic (exact) mass is 288 g/mol. The fraction of sp³-hybridized carbons (Fsp3) is 0.385. The molecule has 0 bridgehead atoms. The Morgan fingerprint density at radius 2 is 2.06 bits per heavy atom. The minimum Gasteiger partial charge on any atom is -0.345 e. The molecule has 3 nitrogen and oxygen atoms in total. The molecule has 0 aliphatic carbocycles. The molecule has 5 heteroatoms. The van der Waals surface area contributed by atoms with Crippen LogP contribution in [0.2, 0.25) is 10.0 Å². The van der Waals surface area contributed by atoms with Gasteiger partial charge in [-0.3, -0.25) is 0 Å². The van der Waals surface area contributed by atoms with Gasteiger partial charge in [-0.1, -0.05) is 35.8 Å². The predicted molar refractivity (Wildman–Crippen MR) is 71.5 cm³/mol. The molecule has 0 aromatic heterocycles. The second-order valence-corrected chi connectivity index (χ2v) is 5.35. The summed E-state index contributed by atoms with van der Waals surface area (Å²) in [5.41, 5.74) is 1.59. The molecule has 1 unspecified atom stereocenters. The van der Waals surface area contributed by atoms with Crippen LogP contribution >= 0.6 is 23.2 Å². The average Bonchev–Trinajstić information content (AvgIpc) is 2.32. The summed E-state index contributed by atoms with van der Waals surface area (Å²) in [6, 6.07) is 5.30. The van der Waals surface area contributed by atoms with E-state index in [9.17, 15) is 0 Å². The van der Waals surface area contributed by atoms with E-state index in [4.69, 9.17) is 37.7 Å². The van der Waals surface area contributed by atoms with Gasteiger partial charge in [-0.15, -0.1) is 0 Å². The first-order chi connectivity index (χ1) is 8.39. The lowest BCUT2D eigenvalue weighted by Crippen LogP contribution is -2.40. The van der Waals surface area contributed by atoms with E-state index < -0.39 is 5.79 Å². The molecule has 0 saturated carbocycles. The number of hydrogen-bond acceptors (Lipinski definition) is 3. The topological polar surface area (TPSA) is 27.7 Å². The van der Waals surface area contributed by atoms with E-state index in [2.05, 4.69) is 6.58 Å². The Labute approximate surface area is 116 Å². The Bertz CT molecular complexity index is 461. The van der Waals surface area contributed by atoms with Gasteiger partial charge in [0.05, 0.1) is 16.7 Å². The summed E-state index contributed by atoms with van der Waals surface area (Å²) in [6.07, 6.45) is -0.352. The Balaban J connectivity index is 2.10. The van der Waals surface area contributed by atoms with Crippen molar-refractivity contribution in [3.05, 3.63) is 40.4 Å². The molecule has 0 radical (unpaired) electrons. The van der Waals surface area contributed by atoms with Gasteiger partial charge in [-0.2, -0.15) is 0 Å². The average molecular weight is 289 g/mol. The summed E-state index contributed by atoms with van der Waals surface area (Å²) in [6.45, 7) is 7.93. The van der Waals surface area contributed by atoms with Crippen LogP contribution in [0, 0.1) is 0 Å². The number of halogens is 2. The molecule has 98 valence electrons. The zero-order chi connectivity index (χ0) is 13.3. The molecule has 1 aromatic rings. The van der Waals surface area contributed by atoms with Gasteiger partial charge < -0.3 is 4.74 Å². The first-order valence-corrected chi connectivity index (χ1v) is 6.27. The van der Waals surface area contributed by atoms with Gasteiger partial charge in [-0.05, 0) is 37.1 Å². The third-order valence-corrected chi connectivity index (χ3v) is 3.37. The van der Waals surface area contributed by atoms with Gasteiger partial charge in [0.2, 0.25) is 0 Å². The zero-order valence-corrected chi connectivity index (χ0v) is 11.7. The first kappa shape index (κ1) is 13.8. The third kappa shape index (κ3) is 3.05. The standard InChI is InChI=1S/C13H14Cl2O3/c1-8(9-4-5-10(14)11(15)6-9)12-7-16-13(2,3)18-17-12/h4-6,12H,1,7H2,2-3H3. The molecular formula is C13H14Cl2O3. The molecular weight excluding hydrogens is 275 g/mol. The summed E-state index contributed by atoms with van der Waals surface area (Å²) >= 11 is 11.8. The highest BCUT2D eigenvalue weighted by molar-refractivity contribution is 6.42. The molecule has 1 fully saturated rings. The summed E-state index contributed by atoms with van der Waals surface area (Å²) in [7, 11) is 0. The minimum absolute atomic E-state index is 0.352. The van der Waals surface area contributed by atoms with Crippen LogP contribution in [-0.2, 0) is 14.5 Å². The van der Waals surface area contributed by atoms with E-state index >= 15 is 0 Å². The highest BCUT2D eigenvalue weighted by atomic mass is 35.5. The Morgan fingerprint density at radius 3 is 2.61 bits per heavy atom. The maximum absolute atomic E-state index is 5.97. The fourth-order valence-electron chi connectivity index (χ4n) is 1.54.